The number of anilines is 1. The molecule has 2 aromatic carbocycles. The number of nitrogens with one attached hydrogen (secondary N) is 1. The maximum Gasteiger partial charge on any atom is 0.243 e. The maximum absolute atomic E-state index is 13.0. The molecule has 1 unspecified atom stereocenters. The smallest absolute Gasteiger partial charge is 0.243 e. The van der Waals surface area contributed by atoms with Gasteiger partial charge in [-0.1, -0.05) is 0 Å². The van der Waals surface area contributed by atoms with Gasteiger partial charge in [0.15, 0.2) is 0 Å². The zero-order valence-electron chi connectivity index (χ0n) is 15.2. The molecule has 8 heteroatoms. The molecule has 6 nitrogen and oxygen atoms in total. The second-order valence-corrected chi connectivity index (χ2v) is 8.94. The van der Waals surface area contributed by atoms with Gasteiger partial charge in [0.1, 0.15) is 11.8 Å². The number of nitrogens with zero attached hydrogens (tertiary/aromatic N) is 1. The molecule has 144 valence electrons. The highest BCUT2D eigenvalue weighted by Crippen LogP contribution is 2.28. The summed E-state index contributed by atoms with van der Waals surface area (Å²) in [5, 5.41) is 2.83. The number of methoxy groups -OCH3 is 1. The monoisotopic (exact) mass is 406 g/mol. The minimum absolute atomic E-state index is 0.160. The summed E-state index contributed by atoms with van der Waals surface area (Å²) in [4.78, 5) is 14.0. The Bertz CT molecular complexity index is 896. The van der Waals surface area contributed by atoms with Crippen molar-refractivity contribution < 1.29 is 17.9 Å². The highest BCUT2D eigenvalue weighted by Gasteiger charge is 2.39. The highest BCUT2D eigenvalue weighted by molar-refractivity contribution is 7.98. The number of thioether (sulfide) groups is 1. The van der Waals surface area contributed by atoms with E-state index in [0.717, 1.165) is 4.90 Å². The summed E-state index contributed by atoms with van der Waals surface area (Å²) >= 11 is 1.62. The molecule has 1 aliphatic rings. The Kier molecular flexibility index (Phi) is 6.08. The lowest BCUT2D eigenvalue weighted by Gasteiger charge is -2.23. The first kappa shape index (κ1) is 19.7. The predicted molar refractivity (Wildman–Crippen MR) is 107 cm³/mol. The predicted octanol–water partition coefficient (Wildman–Crippen LogP) is 3.21. The first-order valence-electron chi connectivity index (χ1n) is 8.56. The van der Waals surface area contributed by atoms with E-state index < -0.39 is 16.1 Å². The van der Waals surface area contributed by atoms with Crippen LogP contribution in [0.1, 0.15) is 12.8 Å². The Morgan fingerprint density at radius 1 is 1.15 bits per heavy atom. The minimum Gasteiger partial charge on any atom is -0.497 e. The van der Waals surface area contributed by atoms with Gasteiger partial charge >= 0.3 is 0 Å². The standard InChI is InChI=1S/C19H22N2O4S2/c1-25-15-7-11-17(12-8-15)27(23,24)21-13-3-4-18(21)19(22)20-14-5-9-16(26-2)10-6-14/h5-12,18H,3-4,13H2,1-2H3,(H,20,22). The number of amides is 1. The number of carbonyl (C=O) groups excluding carboxylic acids is 1. The molecule has 27 heavy (non-hydrogen) atoms. The zero-order chi connectivity index (χ0) is 19.4. The minimum atomic E-state index is -3.75. The summed E-state index contributed by atoms with van der Waals surface area (Å²) < 4.78 is 32.3. The number of sulfonamides is 1. The zero-order valence-corrected chi connectivity index (χ0v) is 16.8. The van der Waals surface area contributed by atoms with Crippen molar-refractivity contribution in [2.75, 3.05) is 25.2 Å². The molecule has 1 atom stereocenters. The molecule has 1 heterocycles. The van der Waals surface area contributed by atoms with Gasteiger partial charge in [-0.3, -0.25) is 4.79 Å². The van der Waals surface area contributed by atoms with Crippen LogP contribution in [0.4, 0.5) is 5.69 Å². The topological polar surface area (TPSA) is 75.7 Å². The van der Waals surface area contributed by atoms with Crippen LogP contribution in [-0.2, 0) is 14.8 Å². The molecule has 1 amide bonds. The lowest BCUT2D eigenvalue weighted by atomic mass is 10.2. The van der Waals surface area contributed by atoms with E-state index in [9.17, 15) is 13.2 Å². The normalized spacial score (nSPS) is 17.6. The molecule has 1 saturated heterocycles. The van der Waals surface area contributed by atoms with Gasteiger partial charge in [0.2, 0.25) is 15.9 Å². The van der Waals surface area contributed by atoms with Gasteiger partial charge in [0.05, 0.1) is 12.0 Å². The lowest BCUT2D eigenvalue weighted by Crippen LogP contribution is -2.43. The van der Waals surface area contributed by atoms with Gasteiger partial charge < -0.3 is 10.1 Å². The second-order valence-electron chi connectivity index (χ2n) is 6.17. The molecule has 3 rings (SSSR count). The van der Waals surface area contributed by atoms with Crippen LogP contribution in [0.3, 0.4) is 0 Å². The summed E-state index contributed by atoms with van der Waals surface area (Å²) in [6.07, 6.45) is 3.14. The third-order valence-corrected chi connectivity index (χ3v) is 7.20. The average molecular weight is 407 g/mol. The van der Waals surface area contributed by atoms with Gasteiger partial charge in [-0.05, 0) is 67.6 Å². The van der Waals surface area contributed by atoms with Gasteiger partial charge in [-0.25, -0.2) is 8.42 Å². The Balaban J connectivity index is 1.77. The highest BCUT2D eigenvalue weighted by atomic mass is 32.2. The maximum atomic E-state index is 13.0. The largest absolute Gasteiger partial charge is 0.497 e. The quantitative estimate of drug-likeness (QED) is 0.746. The Labute approximate surface area is 164 Å². The van der Waals surface area contributed by atoms with E-state index in [2.05, 4.69) is 5.32 Å². The summed E-state index contributed by atoms with van der Waals surface area (Å²) in [5.74, 6) is 0.278. The van der Waals surface area contributed by atoms with Crippen molar-refractivity contribution in [1.29, 1.82) is 0 Å². The SMILES string of the molecule is COc1ccc(S(=O)(=O)N2CCCC2C(=O)Nc2ccc(SC)cc2)cc1. The van der Waals surface area contributed by atoms with Crippen molar-refractivity contribution in [3.8, 4) is 5.75 Å². The van der Waals surface area contributed by atoms with Gasteiger partial charge in [-0.15, -0.1) is 11.8 Å². The number of hydrogen-bond acceptors (Lipinski definition) is 5. The number of hydrogen-bond donors (Lipinski definition) is 1. The molecule has 1 aliphatic heterocycles. The van der Waals surface area contributed by atoms with E-state index in [4.69, 9.17) is 4.74 Å². The van der Waals surface area contributed by atoms with E-state index in [0.29, 0.717) is 30.8 Å². The molecule has 0 radical (unpaired) electrons. The fourth-order valence-electron chi connectivity index (χ4n) is 3.07. The Hall–Kier alpha value is -2.03. The number of carbonyl (C=O) groups is 1. The molecule has 0 aromatic heterocycles. The van der Waals surface area contributed by atoms with Crippen LogP contribution in [0.25, 0.3) is 0 Å². The van der Waals surface area contributed by atoms with Crippen molar-refractivity contribution in [3.05, 3.63) is 48.5 Å². The van der Waals surface area contributed by atoms with Crippen LogP contribution >= 0.6 is 11.8 Å². The summed E-state index contributed by atoms with van der Waals surface area (Å²) in [7, 11) is -2.22. The molecular weight excluding hydrogens is 384 g/mol. The van der Waals surface area contributed by atoms with Gasteiger partial charge in [-0.2, -0.15) is 4.31 Å². The van der Waals surface area contributed by atoms with Crippen molar-refractivity contribution in [3.63, 3.8) is 0 Å². The van der Waals surface area contributed by atoms with Crippen LogP contribution in [0.2, 0.25) is 0 Å². The van der Waals surface area contributed by atoms with Crippen molar-refractivity contribution >= 4 is 33.4 Å². The Morgan fingerprint density at radius 3 is 2.41 bits per heavy atom. The summed E-state index contributed by atoms with van der Waals surface area (Å²) in [6.45, 7) is 0.331. The molecule has 1 fully saturated rings. The van der Waals surface area contributed by atoms with Crippen LogP contribution in [0.15, 0.2) is 58.3 Å². The molecule has 1 N–H and O–H groups in total. The second kappa shape index (κ2) is 8.33. The Morgan fingerprint density at radius 2 is 1.81 bits per heavy atom. The van der Waals surface area contributed by atoms with Crippen molar-refractivity contribution in [2.24, 2.45) is 0 Å². The van der Waals surface area contributed by atoms with Crippen LogP contribution in [-0.4, -0.2) is 44.6 Å². The third-order valence-electron chi connectivity index (χ3n) is 4.53. The van der Waals surface area contributed by atoms with E-state index in [1.807, 2.05) is 30.5 Å². The molecule has 0 spiro atoms. The van der Waals surface area contributed by atoms with Gasteiger partial charge in [0, 0.05) is 17.1 Å². The van der Waals surface area contributed by atoms with E-state index >= 15 is 0 Å². The molecule has 2 aromatic rings. The third kappa shape index (κ3) is 4.28. The van der Waals surface area contributed by atoms with Crippen molar-refractivity contribution in [1.82, 2.24) is 4.31 Å². The van der Waals surface area contributed by atoms with E-state index in [1.54, 1.807) is 23.9 Å². The number of rotatable bonds is 6. The fraction of sp³-hybridized carbons (Fsp3) is 0.316. The van der Waals surface area contributed by atoms with Crippen LogP contribution in [0, 0.1) is 0 Å². The van der Waals surface area contributed by atoms with Crippen LogP contribution < -0.4 is 10.1 Å². The molecule has 0 bridgehead atoms. The van der Waals surface area contributed by atoms with Crippen LogP contribution in [0.5, 0.6) is 5.75 Å². The summed E-state index contributed by atoms with van der Waals surface area (Å²) in [6, 6.07) is 13.0. The summed E-state index contributed by atoms with van der Waals surface area (Å²) in [5.41, 5.74) is 0.659. The van der Waals surface area contributed by atoms with E-state index in [-0.39, 0.29) is 10.8 Å². The molecule has 0 saturated carbocycles. The molecule has 0 aliphatic carbocycles. The fourth-order valence-corrected chi connectivity index (χ4v) is 5.14. The lowest BCUT2D eigenvalue weighted by molar-refractivity contribution is -0.119. The first-order valence-corrected chi connectivity index (χ1v) is 11.2. The average Bonchev–Trinajstić information content (AvgIpc) is 3.19. The van der Waals surface area contributed by atoms with E-state index in [1.165, 1.54) is 23.5 Å². The first-order chi connectivity index (χ1) is 13.0. The van der Waals surface area contributed by atoms with Crippen molar-refractivity contribution in [2.45, 2.75) is 28.7 Å². The number of benzene rings is 2. The molecular formula is C19H22N2O4S2. The number of ether oxygens (including phenoxy) is 1. The van der Waals surface area contributed by atoms with Gasteiger partial charge in [0.25, 0.3) is 0 Å².